The standard InChI is InChI=1S/C17H18N4/c1-21-14-7-3-2-6-12(14)17(20-21)15(18)13-9-8-11-5-4-10-19-16(11)13/h2-7,10,13,15H,8-9,18H2,1H3. The highest BCUT2D eigenvalue weighted by molar-refractivity contribution is 5.82. The van der Waals surface area contributed by atoms with Gasteiger partial charge in [0.1, 0.15) is 0 Å². The van der Waals surface area contributed by atoms with Crippen molar-refractivity contribution >= 4 is 10.9 Å². The lowest BCUT2D eigenvalue weighted by Crippen LogP contribution is -2.20. The molecule has 4 rings (SSSR count). The van der Waals surface area contributed by atoms with Gasteiger partial charge in [0.2, 0.25) is 0 Å². The number of benzene rings is 1. The summed E-state index contributed by atoms with van der Waals surface area (Å²) in [6.07, 6.45) is 3.98. The molecule has 21 heavy (non-hydrogen) atoms. The highest BCUT2D eigenvalue weighted by Crippen LogP contribution is 2.40. The summed E-state index contributed by atoms with van der Waals surface area (Å²) in [6.45, 7) is 0. The van der Waals surface area contributed by atoms with Gasteiger partial charge in [-0.3, -0.25) is 9.67 Å². The smallest absolute Gasteiger partial charge is 0.0877 e. The number of aryl methyl sites for hydroxylation is 2. The molecule has 1 aromatic carbocycles. The van der Waals surface area contributed by atoms with E-state index < -0.39 is 0 Å². The largest absolute Gasteiger partial charge is 0.322 e. The Morgan fingerprint density at radius 2 is 2.10 bits per heavy atom. The van der Waals surface area contributed by atoms with Crippen LogP contribution in [-0.2, 0) is 13.5 Å². The fourth-order valence-electron chi connectivity index (χ4n) is 3.47. The molecule has 1 aliphatic rings. The number of aromatic nitrogens is 3. The van der Waals surface area contributed by atoms with E-state index in [1.165, 1.54) is 5.56 Å². The molecule has 0 amide bonds. The van der Waals surface area contributed by atoms with E-state index in [1.807, 2.05) is 36.1 Å². The predicted molar refractivity (Wildman–Crippen MR) is 82.9 cm³/mol. The van der Waals surface area contributed by atoms with Gasteiger partial charge in [-0.1, -0.05) is 24.3 Å². The molecule has 1 aliphatic carbocycles. The third kappa shape index (κ3) is 1.87. The number of pyridine rings is 1. The average molecular weight is 278 g/mol. The van der Waals surface area contributed by atoms with Crippen LogP contribution in [0.2, 0.25) is 0 Å². The van der Waals surface area contributed by atoms with E-state index in [4.69, 9.17) is 5.73 Å². The monoisotopic (exact) mass is 278 g/mol. The number of hydrogen-bond donors (Lipinski definition) is 1. The minimum absolute atomic E-state index is 0.104. The zero-order valence-electron chi connectivity index (χ0n) is 12.0. The van der Waals surface area contributed by atoms with Crippen LogP contribution < -0.4 is 5.73 Å². The molecule has 2 N–H and O–H groups in total. The van der Waals surface area contributed by atoms with Crippen molar-refractivity contribution in [2.45, 2.75) is 24.8 Å². The van der Waals surface area contributed by atoms with Crippen molar-refractivity contribution in [1.29, 1.82) is 0 Å². The fourth-order valence-corrected chi connectivity index (χ4v) is 3.47. The van der Waals surface area contributed by atoms with Crippen molar-refractivity contribution in [3.05, 3.63) is 59.5 Å². The first-order chi connectivity index (χ1) is 10.3. The van der Waals surface area contributed by atoms with Gasteiger partial charge in [-0.15, -0.1) is 0 Å². The minimum Gasteiger partial charge on any atom is -0.322 e. The van der Waals surface area contributed by atoms with Gasteiger partial charge >= 0.3 is 0 Å². The lowest BCUT2D eigenvalue weighted by Gasteiger charge is -2.18. The second-order valence-electron chi connectivity index (χ2n) is 5.74. The van der Waals surface area contributed by atoms with Crippen molar-refractivity contribution in [3.63, 3.8) is 0 Å². The average Bonchev–Trinajstić information content (AvgIpc) is 3.09. The summed E-state index contributed by atoms with van der Waals surface area (Å²) in [7, 11) is 1.97. The third-order valence-electron chi connectivity index (χ3n) is 4.54. The first-order valence-electron chi connectivity index (χ1n) is 7.36. The minimum atomic E-state index is -0.104. The molecular formula is C17H18N4. The van der Waals surface area contributed by atoms with Crippen molar-refractivity contribution < 1.29 is 0 Å². The Balaban J connectivity index is 1.80. The quantitative estimate of drug-likeness (QED) is 0.784. The van der Waals surface area contributed by atoms with Crippen LogP contribution in [0.5, 0.6) is 0 Å². The molecule has 4 heteroatoms. The highest BCUT2D eigenvalue weighted by atomic mass is 15.3. The summed E-state index contributed by atoms with van der Waals surface area (Å²) in [5.41, 5.74) is 11.2. The summed E-state index contributed by atoms with van der Waals surface area (Å²) in [5, 5.41) is 5.82. The Labute approximate surface area is 123 Å². The lowest BCUT2D eigenvalue weighted by atomic mass is 9.93. The van der Waals surface area contributed by atoms with Crippen LogP contribution in [0.3, 0.4) is 0 Å². The number of nitrogens with two attached hydrogens (primary N) is 1. The number of fused-ring (bicyclic) bond motifs is 2. The van der Waals surface area contributed by atoms with Crippen LogP contribution in [0.15, 0.2) is 42.6 Å². The Morgan fingerprint density at radius 3 is 3.00 bits per heavy atom. The number of nitrogens with zero attached hydrogens (tertiary/aromatic N) is 3. The van der Waals surface area contributed by atoms with E-state index >= 15 is 0 Å². The van der Waals surface area contributed by atoms with Gasteiger partial charge < -0.3 is 5.73 Å². The number of hydrogen-bond acceptors (Lipinski definition) is 3. The molecule has 0 fully saturated rings. The van der Waals surface area contributed by atoms with Gasteiger partial charge in [0.25, 0.3) is 0 Å². The van der Waals surface area contributed by atoms with Crippen LogP contribution in [0.25, 0.3) is 10.9 Å². The first-order valence-corrected chi connectivity index (χ1v) is 7.36. The maximum atomic E-state index is 6.58. The Hall–Kier alpha value is -2.20. The summed E-state index contributed by atoms with van der Waals surface area (Å²) in [6, 6.07) is 12.3. The molecule has 0 radical (unpaired) electrons. The Morgan fingerprint density at radius 1 is 1.24 bits per heavy atom. The van der Waals surface area contributed by atoms with Gasteiger partial charge in [0, 0.05) is 30.2 Å². The number of para-hydroxylation sites is 1. The van der Waals surface area contributed by atoms with Crippen molar-refractivity contribution in [2.75, 3.05) is 0 Å². The molecule has 4 nitrogen and oxygen atoms in total. The molecule has 2 unspecified atom stereocenters. The zero-order chi connectivity index (χ0) is 14.4. The van der Waals surface area contributed by atoms with Crippen molar-refractivity contribution in [1.82, 2.24) is 14.8 Å². The van der Waals surface area contributed by atoms with E-state index in [-0.39, 0.29) is 12.0 Å². The van der Waals surface area contributed by atoms with Gasteiger partial charge in [0.15, 0.2) is 0 Å². The molecule has 0 bridgehead atoms. The second kappa shape index (κ2) is 4.67. The molecule has 2 atom stereocenters. The normalized spacial score (nSPS) is 18.9. The number of rotatable bonds is 2. The van der Waals surface area contributed by atoms with Gasteiger partial charge in [0.05, 0.1) is 17.3 Å². The van der Waals surface area contributed by atoms with E-state index in [0.29, 0.717) is 0 Å². The molecule has 0 spiro atoms. The highest BCUT2D eigenvalue weighted by Gasteiger charge is 2.32. The van der Waals surface area contributed by atoms with E-state index in [2.05, 4.69) is 28.3 Å². The maximum absolute atomic E-state index is 6.58. The summed E-state index contributed by atoms with van der Waals surface area (Å²) in [4.78, 5) is 4.56. The van der Waals surface area contributed by atoms with Gasteiger partial charge in [-0.25, -0.2) is 0 Å². The van der Waals surface area contributed by atoms with E-state index in [9.17, 15) is 0 Å². The Kier molecular flexibility index (Phi) is 2.79. The van der Waals surface area contributed by atoms with E-state index in [0.717, 1.165) is 35.1 Å². The van der Waals surface area contributed by atoms with Crippen LogP contribution in [0.4, 0.5) is 0 Å². The fraction of sp³-hybridized carbons (Fsp3) is 0.294. The topological polar surface area (TPSA) is 56.7 Å². The van der Waals surface area contributed by atoms with Crippen LogP contribution >= 0.6 is 0 Å². The Bertz CT molecular complexity index is 805. The molecular weight excluding hydrogens is 260 g/mol. The molecule has 3 aromatic rings. The van der Waals surface area contributed by atoms with E-state index in [1.54, 1.807) is 0 Å². The van der Waals surface area contributed by atoms with Crippen LogP contribution in [0.1, 0.15) is 35.3 Å². The molecule has 0 saturated heterocycles. The zero-order valence-corrected chi connectivity index (χ0v) is 12.0. The van der Waals surface area contributed by atoms with Crippen LogP contribution in [0, 0.1) is 0 Å². The summed E-state index contributed by atoms with van der Waals surface area (Å²) in [5.74, 6) is 0.263. The van der Waals surface area contributed by atoms with Gasteiger partial charge in [-0.05, 0) is 30.5 Å². The first kappa shape index (κ1) is 12.5. The molecule has 106 valence electrons. The molecule has 0 aliphatic heterocycles. The maximum Gasteiger partial charge on any atom is 0.0877 e. The molecule has 2 heterocycles. The SMILES string of the molecule is Cn1nc(C(N)C2CCc3cccnc32)c2ccccc21. The molecule has 2 aromatic heterocycles. The van der Waals surface area contributed by atoms with Crippen molar-refractivity contribution in [2.24, 2.45) is 12.8 Å². The van der Waals surface area contributed by atoms with Crippen molar-refractivity contribution in [3.8, 4) is 0 Å². The predicted octanol–water partition coefficient (Wildman–Crippen LogP) is 2.70. The summed E-state index contributed by atoms with van der Waals surface area (Å²) >= 11 is 0. The van der Waals surface area contributed by atoms with Gasteiger partial charge in [-0.2, -0.15) is 5.10 Å². The third-order valence-corrected chi connectivity index (χ3v) is 4.54. The summed E-state index contributed by atoms with van der Waals surface area (Å²) < 4.78 is 1.92. The second-order valence-corrected chi connectivity index (χ2v) is 5.74. The van der Waals surface area contributed by atoms with Crippen LogP contribution in [-0.4, -0.2) is 14.8 Å². The molecule has 0 saturated carbocycles. The lowest BCUT2D eigenvalue weighted by molar-refractivity contribution is 0.525.